The first-order valence-corrected chi connectivity index (χ1v) is 8.15. The van der Waals surface area contributed by atoms with Crippen LogP contribution in [-0.2, 0) is 11.4 Å². The molecule has 0 saturated carbocycles. The van der Waals surface area contributed by atoms with E-state index in [0.29, 0.717) is 5.02 Å². The van der Waals surface area contributed by atoms with Crippen molar-refractivity contribution in [3.63, 3.8) is 0 Å². The molecule has 1 N–H and O–H groups in total. The van der Waals surface area contributed by atoms with E-state index in [1.54, 1.807) is 12.3 Å². The number of halogens is 2. The second-order valence-corrected chi connectivity index (χ2v) is 8.14. The van der Waals surface area contributed by atoms with Crippen molar-refractivity contribution >= 4 is 34.6 Å². The second kappa shape index (κ2) is 7.14. The highest BCUT2D eigenvalue weighted by molar-refractivity contribution is 7.90. The van der Waals surface area contributed by atoms with Gasteiger partial charge in [-0.3, -0.25) is 0 Å². The van der Waals surface area contributed by atoms with Crippen LogP contribution in [0.25, 0.3) is 0 Å². The third-order valence-electron chi connectivity index (χ3n) is 2.60. The Bertz CT molecular complexity index is 424. The zero-order valence-corrected chi connectivity index (χ0v) is 14.0. The molecule has 108 valence electrons. The summed E-state index contributed by atoms with van der Waals surface area (Å²) in [6.07, 6.45) is 3.52. The van der Waals surface area contributed by atoms with E-state index in [0.717, 1.165) is 18.4 Å². The van der Waals surface area contributed by atoms with Gasteiger partial charge in [0.05, 0.1) is 11.1 Å². The first kappa shape index (κ1) is 17.1. The van der Waals surface area contributed by atoms with Gasteiger partial charge in [-0.05, 0) is 38.8 Å². The number of nitrogens with one attached hydrogen (secondary N) is 1. The molecule has 0 amide bonds. The molecule has 19 heavy (non-hydrogen) atoms. The van der Waals surface area contributed by atoms with Crippen molar-refractivity contribution in [2.24, 2.45) is 0 Å². The standard InChI is InChI=1S/C13H20Cl2N2OS/c1-5-6-11(17-19(18)13(2,3)4)9-7-10(14)12(15)16-8-9/h7-8,11,17H,5-6H2,1-4H3/t11-,19-/m1/s1. The van der Waals surface area contributed by atoms with E-state index in [9.17, 15) is 4.55 Å². The van der Waals surface area contributed by atoms with E-state index in [1.807, 2.05) is 20.8 Å². The van der Waals surface area contributed by atoms with E-state index in [-0.39, 0.29) is 15.9 Å². The average molecular weight is 323 g/mol. The summed E-state index contributed by atoms with van der Waals surface area (Å²) in [5.74, 6) is 0. The lowest BCUT2D eigenvalue weighted by Crippen LogP contribution is -2.41. The van der Waals surface area contributed by atoms with Crippen molar-refractivity contribution in [2.45, 2.75) is 51.3 Å². The normalized spacial score (nSPS) is 15.3. The third-order valence-corrected chi connectivity index (χ3v) is 4.90. The topological polar surface area (TPSA) is 48.0 Å². The molecule has 0 aliphatic heterocycles. The van der Waals surface area contributed by atoms with Crippen LogP contribution >= 0.6 is 23.2 Å². The molecule has 0 radical (unpaired) electrons. The molecule has 1 aromatic rings. The Morgan fingerprint density at radius 1 is 1.42 bits per heavy atom. The van der Waals surface area contributed by atoms with Gasteiger partial charge in [-0.1, -0.05) is 36.5 Å². The molecule has 1 aromatic heterocycles. The number of hydrogen-bond acceptors (Lipinski definition) is 3. The lowest BCUT2D eigenvalue weighted by atomic mass is 10.1. The van der Waals surface area contributed by atoms with Crippen LogP contribution in [0, 0.1) is 0 Å². The summed E-state index contributed by atoms with van der Waals surface area (Å²) in [4.78, 5) is 4.05. The number of nitrogens with zero attached hydrogens (tertiary/aromatic N) is 1. The van der Waals surface area contributed by atoms with Gasteiger partial charge in [0, 0.05) is 17.6 Å². The minimum Gasteiger partial charge on any atom is -0.598 e. The van der Waals surface area contributed by atoms with Crippen LogP contribution in [0.3, 0.4) is 0 Å². The first-order chi connectivity index (χ1) is 8.75. The summed E-state index contributed by atoms with van der Waals surface area (Å²) in [6, 6.07) is 1.75. The van der Waals surface area contributed by atoms with Gasteiger partial charge in [-0.2, -0.15) is 0 Å². The minimum atomic E-state index is -1.14. The molecule has 0 unspecified atom stereocenters. The molecule has 0 aliphatic rings. The Kier molecular flexibility index (Phi) is 6.40. The van der Waals surface area contributed by atoms with Gasteiger partial charge in [0.15, 0.2) is 0 Å². The summed E-state index contributed by atoms with van der Waals surface area (Å²) in [5, 5.41) is 0.709. The van der Waals surface area contributed by atoms with E-state index < -0.39 is 11.4 Å². The molecular formula is C13H20Cl2N2OS. The predicted molar refractivity (Wildman–Crippen MR) is 82.9 cm³/mol. The van der Waals surface area contributed by atoms with Gasteiger partial charge >= 0.3 is 0 Å². The lowest BCUT2D eigenvalue weighted by molar-refractivity contribution is 0.509. The maximum Gasteiger partial charge on any atom is 0.147 e. The van der Waals surface area contributed by atoms with Crippen molar-refractivity contribution in [3.8, 4) is 0 Å². The predicted octanol–water partition coefficient (Wildman–Crippen LogP) is 4.28. The Hall–Kier alpha value is -0.0000000000000000555. The molecule has 1 heterocycles. The van der Waals surface area contributed by atoms with Gasteiger partial charge in [0.1, 0.15) is 9.90 Å². The van der Waals surface area contributed by atoms with Crippen molar-refractivity contribution < 1.29 is 4.55 Å². The maximum absolute atomic E-state index is 12.2. The number of aromatic nitrogens is 1. The van der Waals surface area contributed by atoms with Gasteiger partial charge in [-0.15, -0.1) is 4.72 Å². The monoisotopic (exact) mass is 322 g/mol. The molecule has 0 fully saturated rings. The fraction of sp³-hybridized carbons (Fsp3) is 0.615. The number of pyridine rings is 1. The molecular weight excluding hydrogens is 303 g/mol. The molecule has 0 aromatic carbocycles. The molecule has 0 spiro atoms. The summed E-state index contributed by atoms with van der Waals surface area (Å²) >= 11 is 10.7. The molecule has 0 bridgehead atoms. The molecule has 0 saturated heterocycles. The zero-order valence-electron chi connectivity index (χ0n) is 11.7. The van der Waals surface area contributed by atoms with Gasteiger partial charge < -0.3 is 4.55 Å². The van der Waals surface area contributed by atoms with Gasteiger partial charge in [0.25, 0.3) is 0 Å². The maximum atomic E-state index is 12.2. The fourth-order valence-corrected chi connectivity index (χ4v) is 2.66. The van der Waals surface area contributed by atoms with Crippen LogP contribution in [0.5, 0.6) is 0 Å². The van der Waals surface area contributed by atoms with Crippen LogP contribution < -0.4 is 4.72 Å². The Labute approximate surface area is 128 Å². The number of hydrogen-bond donors (Lipinski definition) is 1. The Morgan fingerprint density at radius 2 is 2.05 bits per heavy atom. The van der Waals surface area contributed by atoms with Gasteiger partial charge in [0.2, 0.25) is 0 Å². The van der Waals surface area contributed by atoms with E-state index in [4.69, 9.17) is 23.2 Å². The highest BCUT2D eigenvalue weighted by Gasteiger charge is 2.29. The highest BCUT2D eigenvalue weighted by Crippen LogP contribution is 2.27. The molecule has 0 aliphatic carbocycles. The summed E-state index contributed by atoms with van der Waals surface area (Å²) in [5.41, 5.74) is 0.911. The molecule has 3 nitrogen and oxygen atoms in total. The van der Waals surface area contributed by atoms with E-state index in [2.05, 4.69) is 16.6 Å². The summed E-state index contributed by atoms with van der Waals surface area (Å²) < 4.78 is 15.0. The highest BCUT2D eigenvalue weighted by atomic mass is 35.5. The van der Waals surface area contributed by atoms with Crippen LogP contribution in [0.1, 0.15) is 52.1 Å². The fourth-order valence-electron chi connectivity index (χ4n) is 1.51. The van der Waals surface area contributed by atoms with Crippen LogP contribution in [0.2, 0.25) is 10.2 Å². The van der Waals surface area contributed by atoms with Crippen molar-refractivity contribution in [1.82, 2.24) is 9.71 Å². The molecule has 2 atom stereocenters. The Morgan fingerprint density at radius 3 is 2.53 bits per heavy atom. The van der Waals surface area contributed by atoms with Crippen molar-refractivity contribution in [3.05, 3.63) is 28.0 Å². The SMILES string of the molecule is CCC[C@@H](N[S@+]([O-])C(C)(C)C)c1cnc(Cl)c(Cl)c1. The smallest absolute Gasteiger partial charge is 0.147 e. The summed E-state index contributed by atoms with van der Waals surface area (Å²) in [7, 11) is 0. The third kappa shape index (κ3) is 5.12. The van der Waals surface area contributed by atoms with Crippen LogP contribution in [0.4, 0.5) is 0 Å². The van der Waals surface area contributed by atoms with E-state index >= 15 is 0 Å². The van der Waals surface area contributed by atoms with Crippen molar-refractivity contribution in [2.75, 3.05) is 0 Å². The first-order valence-electron chi connectivity index (χ1n) is 6.24. The number of rotatable bonds is 5. The zero-order chi connectivity index (χ0) is 14.6. The quantitative estimate of drug-likeness (QED) is 0.650. The average Bonchev–Trinajstić information content (AvgIpc) is 2.31. The molecule has 6 heteroatoms. The minimum absolute atomic E-state index is 0.0349. The van der Waals surface area contributed by atoms with E-state index in [1.165, 1.54) is 0 Å². The lowest BCUT2D eigenvalue weighted by Gasteiger charge is -2.28. The second-order valence-electron chi connectivity index (χ2n) is 5.38. The Balaban J connectivity index is 2.90. The van der Waals surface area contributed by atoms with Gasteiger partial charge in [-0.25, -0.2) is 4.98 Å². The molecule has 1 rings (SSSR count). The van der Waals surface area contributed by atoms with Crippen molar-refractivity contribution in [1.29, 1.82) is 0 Å². The summed E-state index contributed by atoms with van der Waals surface area (Å²) in [6.45, 7) is 7.89. The van der Waals surface area contributed by atoms with Crippen LogP contribution in [-0.4, -0.2) is 14.3 Å². The van der Waals surface area contributed by atoms with Crippen LogP contribution in [0.15, 0.2) is 12.3 Å². The largest absolute Gasteiger partial charge is 0.598 e.